The maximum Gasteiger partial charge on any atom is 0.0919 e. The first-order chi connectivity index (χ1) is 9.13. The van der Waals surface area contributed by atoms with Gasteiger partial charge in [-0.2, -0.15) is 0 Å². The molecule has 0 amide bonds. The Labute approximate surface area is 117 Å². The highest BCUT2D eigenvalue weighted by molar-refractivity contribution is 4.96. The van der Waals surface area contributed by atoms with Crippen LogP contribution in [0.1, 0.15) is 52.4 Å². The molecule has 0 N–H and O–H groups in total. The SMILES string of the molecule is C=C(OCC1CCC2OC2C1)C1CCC(C)C(C)C1. The zero-order valence-electron chi connectivity index (χ0n) is 12.4. The normalized spacial score (nSPS) is 45.4. The number of rotatable bonds is 4. The molecular formula is C17H28O2. The van der Waals surface area contributed by atoms with Crippen molar-refractivity contribution in [3.63, 3.8) is 0 Å². The van der Waals surface area contributed by atoms with Gasteiger partial charge in [-0.3, -0.25) is 0 Å². The lowest BCUT2D eigenvalue weighted by atomic mass is 9.75. The molecule has 0 aromatic heterocycles. The van der Waals surface area contributed by atoms with Gasteiger partial charge < -0.3 is 9.47 Å². The fourth-order valence-electron chi connectivity index (χ4n) is 3.82. The second-order valence-corrected chi connectivity index (χ2v) is 7.13. The van der Waals surface area contributed by atoms with Crippen LogP contribution in [0, 0.1) is 23.7 Å². The van der Waals surface area contributed by atoms with Crippen LogP contribution in [0.15, 0.2) is 12.3 Å². The van der Waals surface area contributed by atoms with Gasteiger partial charge in [-0.1, -0.05) is 20.4 Å². The molecule has 0 bridgehead atoms. The molecule has 2 nitrogen and oxygen atoms in total. The maximum atomic E-state index is 6.02. The molecule has 0 aromatic carbocycles. The van der Waals surface area contributed by atoms with Crippen molar-refractivity contribution in [2.45, 2.75) is 64.6 Å². The van der Waals surface area contributed by atoms with Crippen molar-refractivity contribution in [3.8, 4) is 0 Å². The molecule has 6 unspecified atom stereocenters. The molecule has 3 aliphatic rings. The van der Waals surface area contributed by atoms with Crippen molar-refractivity contribution < 1.29 is 9.47 Å². The Bertz CT molecular complexity index is 338. The first-order valence-electron chi connectivity index (χ1n) is 8.10. The summed E-state index contributed by atoms with van der Waals surface area (Å²) in [5.41, 5.74) is 0. The highest BCUT2D eigenvalue weighted by Gasteiger charge is 2.44. The van der Waals surface area contributed by atoms with E-state index in [0.717, 1.165) is 24.2 Å². The largest absolute Gasteiger partial charge is 0.498 e. The summed E-state index contributed by atoms with van der Waals surface area (Å²) in [4.78, 5) is 0. The van der Waals surface area contributed by atoms with E-state index in [4.69, 9.17) is 9.47 Å². The molecule has 1 saturated heterocycles. The van der Waals surface area contributed by atoms with Crippen LogP contribution in [-0.4, -0.2) is 18.8 Å². The number of fused-ring (bicyclic) bond motifs is 1. The lowest BCUT2D eigenvalue weighted by Gasteiger charge is -2.33. The molecule has 0 radical (unpaired) electrons. The fourth-order valence-corrected chi connectivity index (χ4v) is 3.82. The van der Waals surface area contributed by atoms with Gasteiger partial charge in [0.1, 0.15) is 0 Å². The lowest BCUT2D eigenvalue weighted by Crippen LogP contribution is -2.24. The third kappa shape index (κ3) is 3.16. The van der Waals surface area contributed by atoms with Gasteiger partial charge in [0, 0.05) is 5.92 Å². The topological polar surface area (TPSA) is 21.8 Å². The summed E-state index contributed by atoms with van der Waals surface area (Å²) in [7, 11) is 0. The minimum atomic E-state index is 0.561. The van der Waals surface area contributed by atoms with Gasteiger partial charge in [0.2, 0.25) is 0 Å². The van der Waals surface area contributed by atoms with Gasteiger partial charge in [0.25, 0.3) is 0 Å². The average Bonchev–Trinajstić information content (AvgIpc) is 3.17. The molecule has 6 atom stereocenters. The third-order valence-electron chi connectivity index (χ3n) is 5.67. The van der Waals surface area contributed by atoms with Crippen LogP contribution in [0.2, 0.25) is 0 Å². The zero-order valence-corrected chi connectivity index (χ0v) is 12.4. The molecule has 2 heteroatoms. The van der Waals surface area contributed by atoms with Gasteiger partial charge in [-0.15, -0.1) is 0 Å². The summed E-state index contributed by atoms with van der Waals surface area (Å²) < 4.78 is 11.6. The zero-order chi connectivity index (χ0) is 13.4. The lowest BCUT2D eigenvalue weighted by molar-refractivity contribution is 0.0997. The predicted octanol–water partition coefficient (Wildman–Crippen LogP) is 4.16. The van der Waals surface area contributed by atoms with Crippen LogP contribution in [0.5, 0.6) is 0 Å². The van der Waals surface area contributed by atoms with E-state index in [1.807, 2.05) is 0 Å². The van der Waals surface area contributed by atoms with Crippen molar-refractivity contribution >= 4 is 0 Å². The first-order valence-corrected chi connectivity index (χ1v) is 8.10. The van der Waals surface area contributed by atoms with E-state index in [2.05, 4.69) is 20.4 Å². The number of allylic oxidation sites excluding steroid dienone is 1. The predicted molar refractivity (Wildman–Crippen MR) is 76.8 cm³/mol. The Morgan fingerprint density at radius 1 is 1.05 bits per heavy atom. The quantitative estimate of drug-likeness (QED) is 0.562. The van der Waals surface area contributed by atoms with Crippen molar-refractivity contribution in [2.24, 2.45) is 23.7 Å². The Hall–Kier alpha value is -0.500. The number of ether oxygens (including phenoxy) is 2. The highest BCUT2D eigenvalue weighted by Crippen LogP contribution is 2.40. The smallest absolute Gasteiger partial charge is 0.0919 e. The Morgan fingerprint density at radius 2 is 1.89 bits per heavy atom. The average molecular weight is 264 g/mol. The molecule has 1 heterocycles. The Kier molecular flexibility index (Phi) is 3.88. The Balaban J connectivity index is 1.41. The molecule has 19 heavy (non-hydrogen) atoms. The van der Waals surface area contributed by atoms with E-state index in [0.29, 0.717) is 24.0 Å². The molecule has 3 fully saturated rings. The van der Waals surface area contributed by atoms with Crippen LogP contribution in [-0.2, 0) is 9.47 Å². The monoisotopic (exact) mass is 264 g/mol. The highest BCUT2D eigenvalue weighted by atomic mass is 16.6. The number of hydrogen-bond donors (Lipinski definition) is 0. The second kappa shape index (κ2) is 5.47. The standard InChI is InChI=1S/C17H28O2/c1-11-4-6-15(8-12(11)2)13(3)18-10-14-5-7-16-17(9-14)19-16/h11-12,14-17H,3-10H2,1-2H3. The fraction of sp³-hybridized carbons (Fsp3) is 0.882. The summed E-state index contributed by atoms with van der Waals surface area (Å²) in [6.07, 6.45) is 8.73. The number of hydrogen-bond acceptors (Lipinski definition) is 2. The second-order valence-electron chi connectivity index (χ2n) is 7.13. The van der Waals surface area contributed by atoms with Gasteiger partial charge in [-0.25, -0.2) is 0 Å². The van der Waals surface area contributed by atoms with Crippen molar-refractivity contribution in [1.82, 2.24) is 0 Å². The van der Waals surface area contributed by atoms with Gasteiger partial charge in [0.05, 0.1) is 24.6 Å². The van der Waals surface area contributed by atoms with Crippen molar-refractivity contribution in [1.29, 1.82) is 0 Å². The molecule has 2 saturated carbocycles. The van der Waals surface area contributed by atoms with Crippen molar-refractivity contribution in [3.05, 3.63) is 12.3 Å². The first kappa shape index (κ1) is 13.5. The number of epoxide rings is 1. The molecular weight excluding hydrogens is 236 g/mol. The molecule has 0 spiro atoms. The third-order valence-corrected chi connectivity index (χ3v) is 5.67. The van der Waals surface area contributed by atoms with Crippen molar-refractivity contribution in [2.75, 3.05) is 6.61 Å². The van der Waals surface area contributed by atoms with Crippen LogP contribution < -0.4 is 0 Å². The minimum absolute atomic E-state index is 0.561. The molecule has 108 valence electrons. The summed E-state index contributed by atoms with van der Waals surface area (Å²) in [5.74, 6) is 4.03. The van der Waals surface area contributed by atoms with Crippen LogP contribution >= 0.6 is 0 Å². The van der Waals surface area contributed by atoms with E-state index < -0.39 is 0 Å². The maximum absolute atomic E-state index is 6.02. The van der Waals surface area contributed by atoms with Gasteiger partial charge in [0.15, 0.2) is 0 Å². The van der Waals surface area contributed by atoms with E-state index in [-0.39, 0.29) is 0 Å². The summed E-state index contributed by atoms with van der Waals surface area (Å²) in [6.45, 7) is 9.81. The molecule has 2 aliphatic carbocycles. The minimum Gasteiger partial charge on any atom is -0.498 e. The Morgan fingerprint density at radius 3 is 2.63 bits per heavy atom. The summed E-state index contributed by atoms with van der Waals surface area (Å²) in [5, 5.41) is 0. The summed E-state index contributed by atoms with van der Waals surface area (Å²) >= 11 is 0. The van der Waals surface area contributed by atoms with E-state index >= 15 is 0 Å². The van der Waals surface area contributed by atoms with Gasteiger partial charge in [-0.05, 0) is 56.3 Å². The van der Waals surface area contributed by atoms with Crippen LogP contribution in [0.25, 0.3) is 0 Å². The molecule has 1 aliphatic heterocycles. The summed E-state index contributed by atoms with van der Waals surface area (Å²) in [6, 6.07) is 0. The molecule has 0 aromatic rings. The van der Waals surface area contributed by atoms with Crippen LogP contribution in [0.3, 0.4) is 0 Å². The van der Waals surface area contributed by atoms with E-state index in [1.54, 1.807) is 0 Å². The van der Waals surface area contributed by atoms with Crippen LogP contribution in [0.4, 0.5) is 0 Å². The molecule has 3 rings (SSSR count). The van der Waals surface area contributed by atoms with E-state index in [9.17, 15) is 0 Å². The van der Waals surface area contributed by atoms with Gasteiger partial charge >= 0.3 is 0 Å². The van der Waals surface area contributed by atoms with E-state index in [1.165, 1.54) is 38.5 Å².